The summed E-state index contributed by atoms with van der Waals surface area (Å²) >= 11 is 0. The Labute approximate surface area is 138 Å². The first-order valence-corrected chi connectivity index (χ1v) is 8.98. The second kappa shape index (κ2) is 7.05. The molecule has 2 atom stereocenters. The second-order valence-corrected chi connectivity index (χ2v) is 7.35. The molecular weight excluding hydrogens is 296 g/mol. The van der Waals surface area contributed by atoms with Gasteiger partial charge in [-0.05, 0) is 19.8 Å². The molecule has 0 spiro atoms. The zero-order valence-electron chi connectivity index (χ0n) is 14.2. The predicted molar refractivity (Wildman–Crippen MR) is 86.2 cm³/mol. The van der Waals surface area contributed by atoms with Crippen LogP contribution in [0, 0.1) is 0 Å². The van der Waals surface area contributed by atoms with Crippen molar-refractivity contribution in [3.05, 3.63) is 0 Å². The molecule has 3 aliphatic rings. The fraction of sp³-hybridized carbons (Fsp3) is 0.941. The molecule has 6 nitrogen and oxygen atoms in total. The van der Waals surface area contributed by atoms with Crippen molar-refractivity contribution in [1.29, 1.82) is 0 Å². The van der Waals surface area contributed by atoms with Crippen molar-refractivity contribution >= 4 is 5.91 Å². The number of nitrogens with one attached hydrogen (secondary N) is 1. The van der Waals surface area contributed by atoms with E-state index in [1.165, 1.54) is 12.8 Å². The quantitative estimate of drug-likeness (QED) is 0.777. The van der Waals surface area contributed by atoms with Crippen LogP contribution in [0.3, 0.4) is 0 Å². The lowest BCUT2D eigenvalue weighted by molar-refractivity contribution is -0.127. The minimum absolute atomic E-state index is 0.00568. The van der Waals surface area contributed by atoms with Crippen LogP contribution in [-0.2, 0) is 14.3 Å². The Morgan fingerprint density at radius 3 is 2.52 bits per heavy atom. The number of carbonyl (C=O) groups excluding carboxylic acids is 1. The van der Waals surface area contributed by atoms with Gasteiger partial charge < -0.3 is 19.9 Å². The number of ether oxygens (including phenoxy) is 2. The molecule has 1 saturated carbocycles. The number of nitrogens with zero attached hydrogens (tertiary/aromatic N) is 1. The Morgan fingerprint density at radius 1 is 1.22 bits per heavy atom. The molecule has 3 fully saturated rings. The molecule has 2 heterocycles. The highest BCUT2D eigenvalue weighted by atomic mass is 16.5. The van der Waals surface area contributed by atoms with Crippen molar-refractivity contribution in [2.24, 2.45) is 0 Å². The number of hydrogen-bond acceptors (Lipinski definition) is 5. The molecule has 0 radical (unpaired) electrons. The van der Waals surface area contributed by atoms with Crippen molar-refractivity contribution in [2.75, 3.05) is 39.5 Å². The minimum Gasteiger partial charge on any atom is -0.385 e. The Hall–Kier alpha value is -0.690. The van der Waals surface area contributed by atoms with Crippen molar-refractivity contribution in [3.63, 3.8) is 0 Å². The van der Waals surface area contributed by atoms with Gasteiger partial charge in [0.05, 0.1) is 19.3 Å². The minimum atomic E-state index is -0.919. The van der Waals surface area contributed by atoms with Gasteiger partial charge in [0.1, 0.15) is 5.60 Å². The van der Waals surface area contributed by atoms with Crippen LogP contribution in [0.4, 0.5) is 0 Å². The summed E-state index contributed by atoms with van der Waals surface area (Å²) in [6.45, 7) is 6.07. The maximum atomic E-state index is 12.5. The molecule has 0 aromatic carbocycles. The molecule has 2 aliphatic heterocycles. The Bertz CT molecular complexity index is 419. The molecule has 23 heavy (non-hydrogen) atoms. The number of rotatable bonds is 5. The van der Waals surface area contributed by atoms with Crippen LogP contribution in [0.25, 0.3) is 0 Å². The Balaban J connectivity index is 1.56. The van der Waals surface area contributed by atoms with E-state index in [2.05, 4.69) is 10.2 Å². The molecule has 132 valence electrons. The average Bonchev–Trinajstić information content (AvgIpc) is 3.15. The number of aliphatic hydroxyl groups is 1. The fourth-order valence-corrected chi connectivity index (χ4v) is 4.29. The van der Waals surface area contributed by atoms with Crippen molar-refractivity contribution in [2.45, 2.75) is 62.7 Å². The first-order valence-electron chi connectivity index (χ1n) is 8.98. The van der Waals surface area contributed by atoms with E-state index in [0.717, 1.165) is 39.1 Å². The van der Waals surface area contributed by atoms with E-state index in [4.69, 9.17) is 9.47 Å². The third-order valence-corrected chi connectivity index (χ3v) is 5.96. The van der Waals surface area contributed by atoms with Crippen LogP contribution in [0.5, 0.6) is 0 Å². The standard InChI is InChI=1S/C17H30N2O4/c1-14-17(21,6-9-23-14)13-18-15(20)12-16(4-2-3-5-16)19-7-10-22-11-8-19/h14,21H,2-13H2,1H3,(H,18,20)/t14-,17-/m0/s1. The molecule has 3 rings (SSSR count). The summed E-state index contributed by atoms with van der Waals surface area (Å²) in [7, 11) is 0. The van der Waals surface area contributed by atoms with E-state index in [1.807, 2.05) is 6.92 Å². The summed E-state index contributed by atoms with van der Waals surface area (Å²) in [6.07, 6.45) is 5.46. The molecule has 0 aromatic heterocycles. The first-order chi connectivity index (χ1) is 11.0. The van der Waals surface area contributed by atoms with Crippen LogP contribution >= 0.6 is 0 Å². The highest BCUT2D eigenvalue weighted by molar-refractivity contribution is 5.77. The Kier molecular flexibility index (Phi) is 5.26. The van der Waals surface area contributed by atoms with Crippen LogP contribution < -0.4 is 5.32 Å². The van der Waals surface area contributed by atoms with Gasteiger partial charge in [0, 0.05) is 44.6 Å². The topological polar surface area (TPSA) is 71.0 Å². The van der Waals surface area contributed by atoms with Gasteiger partial charge in [-0.1, -0.05) is 12.8 Å². The molecule has 6 heteroatoms. The summed E-state index contributed by atoms with van der Waals surface area (Å²) < 4.78 is 10.9. The van der Waals surface area contributed by atoms with Gasteiger partial charge in [-0.15, -0.1) is 0 Å². The van der Waals surface area contributed by atoms with E-state index in [-0.39, 0.29) is 24.1 Å². The van der Waals surface area contributed by atoms with Crippen LogP contribution in [0.15, 0.2) is 0 Å². The third-order valence-electron chi connectivity index (χ3n) is 5.96. The largest absolute Gasteiger partial charge is 0.385 e. The van der Waals surface area contributed by atoms with Crippen LogP contribution in [0.2, 0.25) is 0 Å². The lowest BCUT2D eigenvalue weighted by atomic mass is 9.89. The van der Waals surface area contributed by atoms with Crippen molar-refractivity contribution < 1.29 is 19.4 Å². The number of hydrogen-bond donors (Lipinski definition) is 2. The average molecular weight is 326 g/mol. The highest BCUT2D eigenvalue weighted by Gasteiger charge is 2.43. The maximum absolute atomic E-state index is 12.5. The van der Waals surface area contributed by atoms with Gasteiger partial charge in [-0.3, -0.25) is 9.69 Å². The van der Waals surface area contributed by atoms with Gasteiger partial charge in [0.2, 0.25) is 5.91 Å². The summed E-state index contributed by atoms with van der Waals surface area (Å²) in [5.41, 5.74) is -0.925. The van der Waals surface area contributed by atoms with Gasteiger partial charge in [-0.25, -0.2) is 0 Å². The van der Waals surface area contributed by atoms with E-state index >= 15 is 0 Å². The Morgan fingerprint density at radius 2 is 1.91 bits per heavy atom. The molecular formula is C17H30N2O4. The van der Waals surface area contributed by atoms with Crippen LogP contribution in [0.1, 0.15) is 45.4 Å². The fourth-order valence-electron chi connectivity index (χ4n) is 4.29. The summed E-state index contributed by atoms with van der Waals surface area (Å²) in [5.74, 6) is 0.0471. The predicted octanol–water partition coefficient (Wildman–Crippen LogP) is 0.678. The van der Waals surface area contributed by atoms with Crippen LogP contribution in [-0.4, -0.2) is 72.6 Å². The molecule has 1 amide bonds. The number of carbonyl (C=O) groups is 1. The van der Waals surface area contributed by atoms with E-state index in [1.54, 1.807) is 0 Å². The first kappa shape index (κ1) is 17.1. The highest BCUT2D eigenvalue weighted by Crippen LogP contribution is 2.38. The SMILES string of the molecule is C[C@@H]1OCC[C@]1(O)CNC(=O)CC1(N2CCOCC2)CCCC1. The van der Waals surface area contributed by atoms with E-state index < -0.39 is 5.60 Å². The summed E-state index contributed by atoms with van der Waals surface area (Å²) in [6, 6.07) is 0. The monoisotopic (exact) mass is 326 g/mol. The van der Waals surface area contributed by atoms with Gasteiger partial charge in [-0.2, -0.15) is 0 Å². The molecule has 0 aromatic rings. The zero-order valence-corrected chi connectivity index (χ0v) is 14.2. The molecule has 2 N–H and O–H groups in total. The molecule has 0 unspecified atom stereocenters. The third kappa shape index (κ3) is 3.71. The zero-order chi connectivity index (χ0) is 16.3. The van der Waals surface area contributed by atoms with Gasteiger partial charge >= 0.3 is 0 Å². The summed E-state index contributed by atoms with van der Waals surface area (Å²) in [5, 5.41) is 13.5. The van der Waals surface area contributed by atoms with Crippen molar-refractivity contribution in [3.8, 4) is 0 Å². The lowest BCUT2D eigenvalue weighted by Crippen LogP contribution is -2.55. The smallest absolute Gasteiger partial charge is 0.221 e. The van der Waals surface area contributed by atoms with Gasteiger partial charge in [0.25, 0.3) is 0 Å². The molecule has 0 bridgehead atoms. The molecule has 2 saturated heterocycles. The normalized spacial score (nSPS) is 34.6. The maximum Gasteiger partial charge on any atom is 0.221 e. The van der Waals surface area contributed by atoms with E-state index in [9.17, 15) is 9.90 Å². The van der Waals surface area contributed by atoms with E-state index in [0.29, 0.717) is 19.4 Å². The van der Waals surface area contributed by atoms with Gasteiger partial charge in [0.15, 0.2) is 0 Å². The van der Waals surface area contributed by atoms with Crippen molar-refractivity contribution in [1.82, 2.24) is 10.2 Å². The second-order valence-electron chi connectivity index (χ2n) is 7.35. The number of amides is 1. The summed E-state index contributed by atoms with van der Waals surface area (Å²) in [4.78, 5) is 15.0. The molecule has 1 aliphatic carbocycles. The number of morpholine rings is 1. The lowest BCUT2D eigenvalue weighted by Gasteiger charge is -2.43.